The first-order chi connectivity index (χ1) is 9.75. The minimum absolute atomic E-state index is 0.776. The average Bonchev–Trinajstić information content (AvgIpc) is 2.50. The quantitative estimate of drug-likeness (QED) is 0.336. The molecule has 0 atom stereocenters. The smallest absolute Gasteiger partial charge is 0.0483 e. The highest BCUT2D eigenvalue weighted by atomic mass is 79.9. The van der Waals surface area contributed by atoms with Gasteiger partial charge >= 0.3 is 0 Å². The lowest BCUT2D eigenvalue weighted by Crippen LogP contribution is -1.88. The number of rotatable bonds is 0. The molecule has 0 spiro atoms. The molecule has 0 fully saturated rings. The topological polar surface area (TPSA) is 26.0 Å². The fraction of sp³-hybridized carbons (Fsp3) is 0. The van der Waals surface area contributed by atoms with Gasteiger partial charge in [0.15, 0.2) is 0 Å². The zero-order valence-electron chi connectivity index (χ0n) is 10.7. The van der Waals surface area contributed by atoms with E-state index >= 15 is 0 Å². The van der Waals surface area contributed by atoms with Gasteiger partial charge in [0.1, 0.15) is 0 Å². The van der Waals surface area contributed by atoms with E-state index < -0.39 is 0 Å². The Morgan fingerprint density at radius 2 is 1.20 bits per heavy atom. The molecule has 96 valence electrons. The van der Waals surface area contributed by atoms with Gasteiger partial charge in [0.2, 0.25) is 0 Å². The molecule has 2 heteroatoms. The van der Waals surface area contributed by atoms with Gasteiger partial charge in [-0.1, -0.05) is 54.6 Å². The van der Waals surface area contributed by atoms with Crippen molar-refractivity contribution in [3.63, 3.8) is 0 Å². The summed E-state index contributed by atoms with van der Waals surface area (Å²) < 4.78 is 0.977. The van der Waals surface area contributed by atoms with Crippen molar-refractivity contribution < 1.29 is 0 Å². The summed E-state index contributed by atoms with van der Waals surface area (Å²) in [6.45, 7) is 0. The SMILES string of the molecule is Nc1ccc2c(ccc3c4ccccc4ccc23)c1Br. The minimum Gasteiger partial charge on any atom is -0.398 e. The van der Waals surface area contributed by atoms with E-state index in [0.29, 0.717) is 0 Å². The molecular formula is C18H12BrN. The number of hydrogen-bond acceptors (Lipinski definition) is 1. The molecule has 4 aromatic carbocycles. The van der Waals surface area contributed by atoms with Crippen LogP contribution in [0.3, 0.4) is 0 Å². The van der Waals surface area contributed by atoms with E-state index in [-0.39, 0.29) is 0 Å². The van der Waals surface area contributed by atoms with Gasteiger partial charge in [-0.15, -0.1) is 0 Å². The molecule has 4 rings (SSSR count). The molecule has 20 heavy (non-hydrogen) atoms. The number of nitrogen functional groups attached to an aromatic ring is 1. The van der Waals surface area contributed by atoms with E-state index in [4.69, 9.17) is 5.73 Å². The number of nitrogens with two attached hydrogens (primary N) is 1. The van der Waals surface area contributed by atoms with Crippen molar-refractivity contribution >= 4 is 53.9 Å². The van der Waals surface area contributed by atoms with Crippen LogP contribution in [0.1, 0.15) is 0 Å². The third kappa shape index (κ3) is 1.55. The number of anilines is 1. The summed E-state index contributed by atoms with van der Waals surface area (Å²) in [4.78, 5) is 0. The van der Waals surface area contributed by atoms with Crippen LogP contribution < -0.4 is 5.73 Å². The predicted molar refractivity (Wildman–Crippen MR) is 91.1 cm³/mol. The number of benzene rings is 4. The van der Waals surface area contributed by atoms with Gasteiger partial charge in [0.05, 0.1) is 0 Å². The third-order valence-corrected chi connectivity index (χ3v) is 4.77. The summed E-state index contributed by atoms with van der Waals surface area (Å²) in [5.74, 6) is 0. The molecule has 1 nitrogen and oxygen atoms in total. The number of fused-ring (bicyclic) bond motifs is 5. The van der Waals surface area contributed by atoms with Crippen LogP contribution in [0.2, 0.25) is 0 Å². The van der Waals surface area contributed by atoms with Gasteiger partial charge in [-0.25, -0.2) is 0 Å². The largest absolute Gasteiger partial charge is 0.398 e. The lowest BCUT2D eigenvalue weighted by molar-refractivity contribution is 1.71. The zero-order valence-corrected chi connectivity index (χ0v) is 12.3. The molecule has 0 heterocycles. The van der Waals surface area contributed by atoms with Crippen molar-refractivity contribution in [1.82, 2.24) is 0 Å². The summed E-state index contributed by atoms with van der Waals surface area (Å²) in [6.07, 6.45) is 0. The first-order valence-corrected chi connectivity index (χ1v) is 7.33. The normalized spacial score (nSPS) is 11.4. The lowest BCUT2D eigenvalue weighted by atomic mass is 9.97. The Labute approximate surface area is 125 Å². The summed E-state index contributed by atoms with van der Waals surface area (Å²) in [7, 11) is 0. The standard InChI is InChI=1S/C18H12BrN/c19-18-16-8-7-13-12-4-2-1-3-11(12)5-6-14(13)15(16)9-10-17(18)20/h1-10H,20H2. The van der Waals surface area contributed by atoms with Gasteiger partial charge in [-0.2, -0.15) is 0 Å². The molecule has 0 bridgehead atoms. The van der Waals surface area contributed by atoms with Crippen LogP contribution in [-0.4, -0.2) is 0 Å². The van der Waals surface area contributed by atoms with E-state index in [1.807, 2.05) is 6.07 Å². The molecule has 0 radical (unpaired) electrons. The molecule has 0 unspecified atom stereocenters. The minimum atomic E-state index is 0.776. The monoisotopic (exact) mass is 321 g/mol. The van der Waals surface area contributed by atoms with Crippen LogP contribution in [0, 0.1) is 0 Å². The summed E-state index contributed by atoms with van der Waals surface area (Å²) in [5.41, 5.74) is 6.75. The van der Waals surface area contributed by atoms with Crippen LogP contribution in [0.15, 0.2) is 65.1 Å². The van der Waals surface area contributed by atoms with Gasteiger partial charge in [0.25, 0.3) is 0 Å². The van der Waals surface area contributed by atoms with E-state index in [2.05, 4.69) is 70.5 Å². The molecule has 0 aliphatic heterocycles. The van der Waals surface area contributed by atoms with E-state index in [1.54, 1.807) is 0 Å². The Bertz CT molecular complexity index is 973. The van der Waals surface area contributed by atoms with Crippen LogP contribution in [0.5, 0.6) is 0 Å². The van der Waals surface area contributed by atoms with E-state index in [9.17, 15) is 0 Å². The number of hydrogen-bond donors (Lipinski definition) is 1. The molecule has 0 amide bonds. The average molecular weight is 322 g/mol. The Kier molecular flexibility index (Phi) is 2.48. The van der Waals surface area contributed by atoms with Crippen molar-refractivity contribution in [2.75, 3.05) is 5.73 Å². The fourth-order valence-electron chi connectivity index (χ4n) is 2.88. The lowest BCUT2D eigenvalue weighted by Gasteiger charge is -2.09. The van der Waals surface area contributed by atoms with E-state index in [1.165, 1.54) is 26.9 Å². The molecule has 0 saturated heterocycles. The van der Waals surface area contributed by atoms with E-state index in [0.717, 1.165) is 15.5 Å². The van der Waals surface area contributed by atoms with Crippen molar-refractivity contribution in [1.29, 1.82) is 0 Å². The molecule has 0 aromatic heterocycles. The Hall–Kier alpha value is -2.06. The van der Waals surface area contributed by atoms with Crippen molar-refractivity contribution in [3.8, 4) is 0 Å². The fourth-order valence-corrected chi connectivity index (χ4v) is 3.36. The maximum Gasteiger partial charge on any atom is 0.0483 e. The highest BCUT2D eigenvalue weighted by molar-refractivity contribution is 9.10. The summed E-state index contributed by atoms with van der Waals surface area (Å²) in [6, 6.07) is 21.3. The van der Waals surface area contributed by atoms with Crippen molar-refractivity contribution in [2.24, 2.45) is 0 Å². The zero-order chi connectivity index (χ0) is 13.7. The highest BCUT2D eigenvalue weighted by Crippen LogP contribution is 2.36. The van der Waals surface area contributed by atoms with Gasteiger partial charge in [0, 0.05) is 10.2 Å². The molecule has 0 saturated carbocycles. The maximum atomic E-state index is 5.97. The second-order valence-corrected chi connectivity index (χ2v) is 5.80. The summed E-state index contributed by atoms with van der Waals surface area (Å²) in [5, 5.41) is 7.50. The van der Waals surface area contributed by atoms with Crippen LogP contribution in [-0.2, 0) is 0 Å². The molecule has 0 aliphatic rings. The third-order valence-electron chi connectivity index (χ3n) is 3.89. The number of halogens is 1. The van der Waals surface area contributed by atoms with Gasteiger partial charge in [-0.05, 0) is 54.3 Å². The second kappa shape index (κ2) is 4.22. The first kappa shape index (κ1) is 11.7. The van der Waals surface area contributed by atoms with Crippen molar-refractivity contribution in [3.05, 3.63) is 65.1 Å². The van der Waals surface area contributed by atoms with Crippen molar-refractivity contribution in [2.45, 2.75) is 0 Å². The second-order valence-electron chi connectivity index (χ2n) is 5.01. The Morgan fingerprint density at radius 3 is 2.10 bits per heavy atom. The highest BCUT2D eigenvalue weighted by Gasteiger charge is 2.07. The first-order valence-electron chi connectivity index (χ1n) is 6.54. The molecule has 2 N–H and O–H groups in total. The molecular weight excluding hydrogens is 310 g/mol. The van der Waals surface area contributed by atoms with Gasteiger partial charge < -0.3 is 5.73 Å². The van der Waals surface area contributed by atoms with Crippen LogP contribution in [0.25, 0.3) is 32.3 Å². The molecule has 4 aromatic rings. The predicted octanol–water partition coefficient (Wildman–Crippen LogP) is 5.49. The Balaban J connectivity index is 2.26. The molecule has 0 aliphatic carbocycles. The van der Waals surface area contributed by atoms with Gasteiger partial charge in [-0.3, -0.25) is 0 Å². The van der Waals surface area contributed by atoms with Crippen LogP contribution in [0.4, 0.5) is 5.69 Å². The summed E-state index contributed by atoms with van der Waals surface area (Å²) >= 11 is 3.59. The maximum absolute atomic E-state index is 5.97. The Morgan fingerprint density at radius 1 is 0.600 bits per heavy atom. The van der Waals surface area contributed by atoms with Crippen LogP contribution >= 0.6 is 15.9 Å².